The van der Waals surface area contributed by atoms with Crippen molar-refractivity contribution < 1.29 is 9.13 Å². The lowest BCUT2D eigenvalue weighted by atomic mass is 10.3. The van der Waals surface area contributed by atoms with Gasteiger partial charge in [0.2, 0.25) is 0 Å². The van der Waals surface area contributed by atoms with Gasteiger partial charge in [-0.2, -0.15) is 0 Å². The van der Waals surface area contributed by atoms with Crippen LogP contribution in [0.5, 0.6) is 0 Å². The molecule has 1 aromatic carbocycles. The van der Waals surface area contributed by atoms with Crippen molar-refractivity contribution in [1.82, 2.24) is 9.55 Å². The third-order valence-corrected chi connectivity index (χ3v) is 3.39. The van der Waals surface area contributed by atoms with Crippen LogP contribution in [0.4, 0.5) is 4.39 Å². The maximum absolute atomic E-state index is 13.6. The Hall–Kier alpha value is -1.20. The van der Waals surface area contributed by atoms with E-state index < -0.39 is 0 Å². The molecule has 1 N–H and O–H groups in total. The summed E-state index contributed by atoms with van der Waals surface area (Å²) in [5.74, 6) is -0.262. The molecule has 19 heavy (non-hydrogen) atoms. The molecule has 104 valence electrons. The molecule has 1 aromatic heterocycles. The van der Waals surface area contributed by atoms with Crippen molar-refractivity contribution in [3.8, 4) is 0 Å². The number of rotatable bonds is 7. The molecule has 3 nitrogen and oxygen atoms in total. The largest absolute Gasteiger partial charge is 0.381 e. The fourth-order valence-corrected chi connectivity index (χ4v) is 2.33. The average Bonchev–Trinajstić information content (AvgIpc) is 2.72. The van der Waals surface area contributed by atoms with Crippen molar-refractivity contribution in [2.24, 2.45) is 0 Å². The third kappa shape index (κ3) is 3.42. The Kier molecular flexibility index (Phi) is 5.10. The fraction of sp³-hybridized carbons (Fsp3) is 0.500. The van der Waals surface area contributed by atoms with Crippen molar-refractivity contribution in [1.29, 1.82) is 0 Å². The number of para-hydroxylation sites is 1. The number of ether oxygens (including phenoxy) is 1. The summed E-state index contributed by atoms with van der Waals surface area (Å²) < 4.78 is 21.6. The molecule has 2 rings (SSSR count). The zero-order valence-electron chi connectivity index (χ0n) is 11.1. The molecule has 0 amide bonds. The molecule has 0 radical (unpaired) electrons. The quantitative estimate of drug-likeness (QED) is 0.613. The highest BCUT2D eigenvalue weighted by molar-refractivity contribution is 7.71. The van der Waals surface area contributed by atoms with Gasteiger partial charge in [0.25, 0.3) is 0 Å². The van der Waals surface area contributed by atoms with Gasteiger partial charge in [-0.05, 0) is 37.2 Å². The molecule has 0 spiro atoms. The van der Waals surface area contributed by atoms with Crippen LogP contribution in [0.3, 0.4) is 0 Å². The number of fused-ring (bicyclic) bond motifs is 1. The number of aromatic nitrogens is 2. The first-order chi connectivity index (χ1) is 9.24. The molecule has 0 atom stereocenters. The van der Waals surface area contributed by atoms with E-state index in [0.717, 1.165) is 37.9 Å². The smallest absolute Gasteiger partial charge is 0.178 e. The number of nitrogens with zero attached hydrogens (tertiary/aromatic N) is 1. The number of aryl methyl sites for hydroxylation is 1. The number of hydrogen-bond acceptors (Lipinski definition) is 2. The number of nitrogens with one attached hydrogen (secondary N) is 1. The summed E-state index contributed by atoms with van der Waals surface area (Å²) in [7, 11) is 0. The first-order valence-corrected chi connectivity index (χ1v) is 7.09. The van der Waals surface area contributed by atoms with Crippen LogP contribution in [0.15, 0.2) is 18.2 Å². The standard InChI is InChI=1S/C14H19FN2OS/c1-2-3-9-18-10-5-8-17-12-7-4-6-11(15)13(12)16-14(17)19/h4,6-7H,2-3,5,8-10H2,1H3,(H,16,19). The van der Waals surface area contributed by atoms with Crippen LogP contribution in [0.2, 0.25) is 0 Å². The molecule has 0 aliphatic rings. The summed E-state index contributed by atoms with van der Waals surface area (Å²) in [5.41, 5.74) is 1.30. The highest BCUT2D eigenvalue weighted by Crippen LogP contribution is 2.17. The van der Waals surface area contributed by atoms with Crippen LogP contribution in [0.1, 0.15) is 26.2 Å². The Bertz CT molecular complexity index is 591. The molecule has 0 unspecified atom stereocenters. The van der Waals surface area contributed by atoms with Crippen molar-refractivity contribution >= 4 is 23.3 Å². The molecule has 1 heterocycles. The van der Waals surface area contributed by atoms with Gasteiger partial charge in [0, 0.05) is 19.8 Å². The van der Waals surface area contributed by atoms with Crippen LogP contribution < -0.4 is 0 Å². The van der Waals surface area contributed by atoms with E-state index in [-0.39, 0.29) is 5.82 Å². The summed E-state index contributed by atoms with van der Waals surface area (Å²) in [6, 6.07) is 5.02. The normalized spacial score (nSPS) is 11.3. The van der Waals surface area contributed by atoms with Crippen LogP contribution in [0, 0.1) is 10.6 Å². The Labute approximate surface area is 117 Å². The maximum atomic E-state index is 13.6. The minimum Gasteiger partial charge on any atom is -0.381 e. The summed E-state index contributed by atoms with van der Waals surface area (Å²) in [6.45, 7) is 4.41. The van der Waals surface area contributed by atoms with Crippen LogP contribution in [-0.4, -0.2) is 22.8 Å². The summed E-state index contributed by atoms with van der Waals surface area (Å²) in [5, 5.41) is 0. The van der Waals surface area contributed by atoms with E-state index in [9.17, 15) is 4.39 Å². The van der Waals surface area contributed by atoms with E-state index in [4.69, 9.17) is 17.0 Å². The van der Waals surface area contributed by atoms with E-state index in [2.05, 4.69) is 11.9 Å². The Balaban J connectivity index is 1.99. The molecular weight excluding hydrogens is 263 g/mol. The first-order valence-electron chi connectivity index (χ1n) is 6.69. The molecule has 0 bridgehead atoms. The first kappa shape index (κ1) is 14.2. The van der Waals surface area contributed by atoms with Gasteiger partial charge in [0.05, 0.1) is 5.52 Å². The van der Waals surface area contributed by atoms with Crippen molar-refractivity contribution in [3.05, 3.63) is 28.8 Å². The predicted molar refractivity (Wildman–Crippen MR) is 77.4 cm³/mol. The molecule has 0 aliphatic heterocycles. The second-order valence-electron chi connectivity index (χ2n) is 4.54. The van der Waals surface area contributed by atoms with E-state index in [1.54, 1.807) is 6.07 Å². The second kappa shape index (κ2) is 6.82. The number of imidazole rings is 1. The highest BCUT2D eigenvalue weighted by Gasteiger charge is 2.07. The summed E-state index contributed by atoms with van der Waals surface area (Å²) in [6.07, 6.45) is 3.12. The molecule has 5 heteroatoms. The zero-order valence-corrected chi connectivity index (χ0v) is 11.9. The van der Waals surface area contributed by atoms with Gasteiger partial charge in [0.15, 0.2) is 4.77 Å². The Morgan fingerprint density at radius 1 is 1.32 bits per heavy atom. The predicted octanol–water partition coefficient (Wildman–Crippen LogP) is 4.04. The van der Waals surface area contributed by atoms with Crippen LogP contribution >= 0.6 is 12.2 Å². The number of H-pyrrole nitrogens is 1. The Morgan fingerprint density at radius 2 is 2.11 bits per heavy atom. The van der Waals surface area contributed by atoms with Crippen molar-refractivity contribution in [2.75, 3.05) is 13.2 Å². The number of unbranched alkanes of at least 4 members (excludes halogenated alkanes) is 1. The second-order valence-corrected chi connectivity index (χ2v) is 4.92. The van der Waals surface area contributed by atoms with Gasteiger partial charge in [-0.1, -0.05) is 19.4 Å². The van der Waals surface area contributed by atoms with Crippen molar-refractivity contribution in [2.45, 2.75) is 32.7 Å². The minimum absolute atomic E-state index is 0.262. The number of hydrogen-bond donors (Lipinski definition) is 1. The average molecular weight is 282 g/mol. The SMILES string of the molecule is CCCCOCCCn1c(=S)[nH]c2c(F)cccc21. The number of halogens is 1. The van der Waals surface area contributed by atoms with Crippen molar-refractivity contribution in [3.63, 3.8) is 0 Å². The molecule has 0 fully saturated rings. The van der Waals surface area contributed by atoms with E-state index in [0.29, 0.717) is 16.9 Å². The highest BCUT2D eigenvalue weighted by atomic mass is 32.1. The van der Waals surface area contributed by atoms with Crippen LogP contribution in [-0.2, 0) is 11.3 Å². The van der Waals surface area contributed by atoms with E-state index in [1.165, 1.54) is 6.07 Å². The van der Waals surface area contributed by atoms with Gasteiger partial charge < -0.3 is 14.3 Å². The van der Waals surface area contributed by atoms with Gasteiger partial charge in [-0.15, -0.1) is 0 Å². The Morgan fingerprint density at radius 3 is 2.89 bits per heavy atom. The monoisotopic (exact) mass is 282 g/mol. The molecule has 0 saturated heterocycles. The maximum Gasteiger partial charge on any atom is 0.178 e. The van der Waals surface area contributed by atoms with Gasteiger partial charge >= 0.3 is 0 Å². The lowest BCUT2D eigenvalue weighted by Crippen LogP contribution is -2.03. The van der Waals surface area contributed by atoms with E-state index >= 15 is 0 Å². The summed E-state index contributed by atoms with van der Waals surface area (Å²) >= 11 is 5.23. The van der Waals surface area contributed by atoms with E-state index in [1.807, 2.05) is 10.6 Å². The van der Waals surface area contributed by atoms with Gasteiger partial charge in [0.1, 0.15) is 11.3 Å². The fourth-order valence-electron chi connectivity index (χ4n) is 2.04. The number of aromatic amines is 1. The number of benzene rings is 1. The lowest BCUT2D eigenvalue weighted by Gasteiger charge is -2.05. The van der Waals surface area contributed by atoms with Gasteiger partial charge in [-0.3, -0.25) is 0 Å². The lowest BCUT2D eigenvalue weighted by molar-refractivity contribution is 0.126. The molecule has 0 saturated carbocycles. The molecular formula is C14H19FN2OS. The molecule has 2 aromatic rings. The van der Waals surface area contributed by atoms with Crippen LogP contribution in [0.25, 0.3) is 11.0 Å². The molecule has 0 aliphatic carbocycles. The summed E-state index contributed by atoms with van der Waals surface area (Å²) in [4.78, 5) is 2.92. The van der Waals surface area contributed by atoms with Gasteiger partial charge in [-0.25, -0.2) is 4.39 Å². The topological polar surface area (TPSA) is 29.9 Å². The zero-order chi connectivity index (χ0) is 13.7. The third-order valence-electron chi connectivity index (χ3n) is 3.07. The minimum atomic E-state index is -0.262.